The topological polar surface area (TPSA) is 87.7 Å². The van der Waals surface area contributed by atoms with Crippen LogP contribution in [0.1, 0.15) is 29.6 Å². The third-order valence-electron chi connectivity index (χ3n) is 3.43. The number of hydroxylamine groups is 1. The van der Waals surface area contributed by atoms with Crippen LogP contribution in [0.15, 0.2) is 35.9 Å². The molecule has 1 aliphatic rings. The quantitative estimate of drug-likeness (QED) is 0.578. The summed E-state index contributed by atoms with van der Waals surface area (Å²) < 4.78 is 5.04. The number of rotatable bonds is 4. The molecular formula is C15H18N2O4. The summed E-state index contributed by atoms with van der Waals surface area (Å²) in [6, 6.07) is 6.59. The molecule has 6 nitrogen and oxygen atoms in total. The van der Waals surface area contributed by atoms with Crippen molar-refractivity contribution in [3.05, 3.63) is 41.5 Å². The molecule has 0 saturated heterocycles. The number of benzene rings is 1. The molecule has 0 saturated carbocycles. The molecule has 3 N–H and O–H groups in total. The molecule has 0 aliphatic heterocycles. The predicted molar refractivity (Wildman–Crippen MR) is 76.1 cm³/mol. The zero-order valence-corrected chi connectivity index (χ0v) is 11.8. The fourth-order valence-corrected chi connectivity index (χ4v) is 2.29. The van der Waals surface area contributed by atoms with E-state index in [1.807, 2.05) is 0 Å². The van der Waals surface area contributed by atoms with Crippen LogP contribution in [0, 0.1) is 0 Å². The van der Waals surface area contributed by atoms with E-state index in [0.717, 1.165) is 12.8 Å². The van der Waals surface area contributed by atoms with Crippen molar-refractivity contribution in [1.29, 1.82) is 0 Å². The van der Waals surface area contributed by atoms with E-state index in [-0.39, 0.29) is 11.9 Å². The Morgan fingerprint density at radius 1 is 1.24 bits per heavy atom. The highest BCUT2D eigenvalue weighted by Gasteiger charge is 2.20. The summed E-state index contributed by atoms with van der Waals surface area (Å²) in [7, 11) is 1.57. The summed E-state index contributed by atoms with van der Waals surface area (Å²) in [6.45, 7) is 0. The molecule has 0 fully saturated rings. The van der Waals surface area contributed by atoms with Crippen LogP contribution in [0.2, 0.25) is 0 Å². The minimum Gasteiger partial charge on any atom is -0.497 e. The molecule has 0 bridgehead atoms. The van der Waals surface area contributed by atoms with E-state index < -0.39 is 5.91 Å². The molecule has 0 radical (unpaired) electrons. The van der Waals surface area contributed by atoms with Crippen LogP contribution in [-0.4, -0.2) is 30.2 Å². The molecule has 21 heavy (non-hydrogen) atoms. The van der Waals surface area contributed by atoms with E-state index in [4.69, 9.17) is 9.94 Å². The molecule has 2 rings (SSSR count). The lowest BCUT2D eigenvalue weighted by Gasteiger charge is -2.21. The van der Waals surface area contributed by atoms with E-state index in [0.29, 0.717) is 23.3 Å². The van der Waals surface area contributed by atoms with Crippen molar-refractivity contribution in [3.63, 3.8) is 0 Å². The zero-order chi connectivity index (χ0) is 15.2. The number of carbonyl (C=O) groups is 2. The molecule has 1 atom stereocenters. The van der Waals surface area contributed by atoms with Gasteiger partial charge in [0.05, 0.1) is 7.11 Å². The number of carbonyl (C=O) groups excluding carboxylic acids is 2. The molecule has 6 heteroatoms. The van der Waals surface area contributed by atoms with Crippen LogP contribution >= 0.6 is 0 Å². The predicted octanol–water partition coefficient (Wildman–Crippen LogP) is 1.41. The van der Waals surface area contributed by atoms with Crippen molar-refractivity contribution in [1.82, 2.24) is 10.8 Å². The van der Waals surface area contributed by atoms with Crippen molar-refractivity contribution in [2.24, 2.45) is 0 Å². The molecule has 112 valence electrons. The summed E-state index contributed by atoms with van der Waals surface area (Å²) in [4.78, 5) is 23.5. The van der Waals surface area contributed by atoms with Gasteiger partial charge in [-0.3, -0.25) is 14.8 Å². The highest BCUT2D eigenvalue weighted by atomic mass is 16.5. The maximum absolute atomic E-state index is 12.1. The number of hydrogen-bond acceptors (Lipinski definition) is 4. The second-order valence-electron chi connectivity index (χ2n) is 4.83. The fraction of sp³-hybridized carbons (Fsp3) is 0.333. The van der Waals surface area contributed by atoms with Gasteiger partial charge in [-0.05, 0) is 43.5 Å². The average Bonchev–Trinajstić information content (AvgIpc) is 2.54. The van der Waals surface area contributed by atoms with Crippen LogP contribution in [-0.2, 0) is 4.79 Å². The van der Waals surface area contributed by atoms with E-state index in [1.54, 1.807) is 42.9 Å². The Morgan fingerprint density at radius 2 is 1.95 bits per heavy atom. The molecule has 1 aliphatic carbocycles. The first kappa shape index (κ1) is 15.1. The minimum absolute atomic E-state index is 0.204. The average molecular weight is 290 g/mol. The van der Waals surface area contributed by atoms with Gasteiger partial charge in [-0.1, -0.05) is 6.08 Å². The molecule has 1 unspecified atom stereocenters. The SMILES string of the molecule is COc1ccc(C(=O)NC2C=C(C(=O)NO)CCC2)cc1. The van der Waals surface area contributed by atoms with Crippen molar-refractivity contribution in [2.75, 3.05) is 7.11 Å². The first-order chi connectivity index (χ1) is 10.1. The Morgan fingerprint density at radius 3 is 2.57 bits per heavy atom. The van der Waals surface area contributed by atoms with Crippen LogP contribution in [0.5, 0.6) is 5.75 Å². The van der Waals surface area contributed by atoms with Gasteiger partial charge in [0, 0.05) is 17.2 Å². The smallest absolute Gasteiger partial charge is 0.270 e. The molecule has 0 aromatic heterocycles. The molecule has 0 spiro atoms. The second-order valence-corrected chi connectivity index (χ2v) is 4.83. The number of amides is 2. The van der Waals surface area contributed by atoms with E-state index >= 15 is 0 Å². The van der Waals surface area contributed by atoms with E-state index in [1.165, 1.54) is 0 Å². The van der Waals surface area contributed by atoms with Gasteiger partial charge in [0.2, 0.25) is 0 Å². The van der Waals surface area contributed by atoms with Crippen LogP contribution < -0.4 is 15.5 Å². The monoisotopic (exact) mass is 290 g/mol. The summed E-state index contributed by atoms with van der Waals surface area (Å²) >= 11 is 0. The molecule has 0 heterocycles. The lowest BCUT2D eigenvalue weighted by Crippen LogP contribution is -2.36. The Labute approximate surface area is 122 Å². The Hall–Kier alpha value is -2.34. The van der Waals surface area contributed by atoms with Gasteiger partial charge in [-0.15, -0.1) is 0 Å². The second kappa shape index (κ2) is 6.90. The first-order valence-electron chi connectivity index (χ1n) is 6.74. The maximum Gasteiger partial charge on any atom is 0.270 e. The molecule has 1 aromatic rings. The third kappa shape index (κ3) is 3.82. The summed E-state index contributed by atoms with van der Waals surface area (Å²) in [6.07, 6.45) is 3.84. The Bertz CT molecular complexity index is 551. The van der Waals surface area contributed by atoms with Crippen molar-refractivity contribution >= 4 is 11.8 Å². The standard InChI is InChI=1S/C15H18N2O4/c1-21-13-7-5-10(6-8-13)14(18)16-12-4-2-3-11(9-12)15(19)17-20/h5-9,12,20H,2-4H2,1H3,(H,16,18)(H,17,19). The third-order valence-corrected chi connectivity index (χ3v) is 3.43. The Kier molecular flexibility index (Phi) is 4.94. The van der Waals surface area contributed by atoms with Crippen LogP contribution in [0.25, 0.3) is 0 Å². The molecular weight excluding hydrogens is 272 g/mol. The lowest BCUT2D eigenvalue weighted by molar-refractivity contribution is -0.125. The number of nitrogens with one attached hydrogen (secondary N) is 2. The van der Waals surface area contributed by atoms with Gasteiger partial charge in [0.1, 0.15) is 5.75 Å². The van der Waals surface area contributed by atoms with E-state index in [9.17, 15) is 9.59 Å². The van der Waals surface area contributed by atoms with E-state index in [2.05, 4.69) is 5.32 Å². The lowest BCUT2D eigenvalue weighted by atomic mass is 9.95. The normalized spacial score (nSPS) is 17.6. The van der Waals surface area contributed by atoms with Crippen LogP contribution in [0.4, 0.5) is 0 Å². The first-order valence-corrected chi connectivity index (χ1v) is 6.74. The van der Waals surface area contributed by atoms with Gasteiger partial charge >= 0.3 is 0 Å². The largest absolute Gasteiger partial charge is 0.497 e. The van der Waals surface area contributed by atoms with Crippen LogP contribution in [0.3, 0.4) is 0 Å². The summed E-state index contributed by atoms with van der Waals surface area (Å²) in [5.74, 6) is -0.0334. The Balaban J connectivity index is 2.03. The zero-order valence-electron chi connectivity index (χ0n) is 11.8. The van der Waals surface area contributed by atoms with Gasteiger partial charge in [-0.25, -0.2) is 5.48 Å². The number of ether oxygens (including phenoxy) is 1. The van der Waals surface area contributed by atoms with Crippen molar-refractivity contribution in [3.8, 4) is 5.75 Å². The van der Waals surface area contributed by atoms with Crippen molar-refractivity contribution in [2.45, 2.75) is 25.3 Å². The van der Waals surface area contributed by atoms with Crippen molar-refractivity contribution < 1.29 is 19.5 Å². The number of hydrogen-bond donors (Lipinski definition) is 3. The summed E-state index contributed by atoms with van der Waals surface area (Å²) in [5, 5.41) is 11.5. The fourth-order valence-electron chi connectivity index (χ4n) is 2.29. The van der Waals surface area contributed by atoms with Gasteiger partial charge < -0.3 is 10.1 Å². The summed E-state index contributed by atoms with van der Waals surface area (Å²) in [5.41, 5.74) is 2.64. The van der Waals surface area contributed by atoms with Gasteiger partial charge in [-0.2, -0.15) is 0 Å². The molecule has 2 amide bonds. The minimum atomic E-state index is -0.515. The maximum atomic E-state index is 12.1. The van der Waals surface area contributed by atoms with Gasteiger partial charge in [0.25, 0.3) is 11.8 Å². The van der Waals surface area contributed by atoms with Gasteiger partial charge in [0.15, 0.2) is 0 Å². The number of methoxy groups -OCH3 is 1. The highest BCUT2D eigenvalue weighted by molar-refractivity contribution is 5.95. The molecule has 1 aromatic carbocycles. The highest BCUT2D eigenvalue weighted by Crippen LogP contribution is 2.19.